The summed E-state index contributed by atoms with van der Waals surface area (Å²) in [6.07, 6.45) is 3.24. The molecule has 0 aliphatic carbocycles. The van der Waals surface area contributed by atoms with E-state index >= 15 is 0 Å². The van der Waals surface area contributed by atoms with Crippen molar-refractivity contribution in [2.45, 2.75) is 12.8 Å². The second-order valence-electron chi connectivity index (χ2n) is 3.50. The van der Waals surface area contributed by atoms with Gasteiger partial charge in [-0.25, -0.2) is 0 Å². The van der Waals surface area contributed by atoms with Gasteiger partial charge in [-0.15, -0.1) is 11.8 Å². The number of nitrogens with one attached hydrogen (secondary N) is 2. The summed E-state index contributed by atoms with van der Waals surface area (Å²) in [4.78, 5) is 11.3. The zero-order valence-corrected chi connectivity index (χ0v) is 10.5. The Balaban J connectivity index is 2.30. The van der Waals surface area contributed by atoms with Crippen molar-refractivity contribution in [3.63, 3.8) is 0 Å². The summed E-state index contributed by atoms with van der Waals surface area (Å²) in [5.41, 5.74) is 3.03. The molecule has 1 aliphatic heterocycles. The van der Waals surface area contributed by atoms with Crippen LogP contribution in [0.2, 0.25) is 0 Å². The van der Waals surface area contributed by atoms with Crippen LogP contribution < -0.4 is 10.6 Å². The van der Waals surface area contributed by atoms with Gasteiger partial charge in [-0.1, -0.05) is 18.3 Å². The third kappa shape index (κ3) is 2.36. The van der Waals surface area contributed by atoms with Crippen molar-refractivity contribution in [1.29, 1.82) is 0 Å². The Hall–Kier alpha value is -1.07. The second kappa shape index (κ2) is 4.84. The molecule has 0 saturated carbocycles. The van der Waals surface area contributed by atoms with Gasteiger partial charge >= 0.3 is 0 Å². The molecular weight excluding hydrogens is 240 g/mol. The number of amides is 1. The van der Waals surface area contributed by atoms with Crippen LogP contribution in [0.3, 0.4) is 0 Å². The van der Waals surface area contributed by atoms with Crippen LogP contribution in [0.4, 0.5) is 11.4 Å². The minimum atomic E-state index is 0.0806. The van der Waals surface area contributed by atoms with E-state index in [2.05, 4.69) is 10.6 Å². The van der Waals surface area contributed by atoms with Gasteiger partial charge in [-0.2, -0.15) is 0 Å². The molecule has 1 aliphatic rings. The van der Waals surface area contributed by atoms with Crippen molar-refractivity contribution in [1.82, 2.24) is 0 Å². The molecule has 0 saturated heterocycles. The van der Waals surface area contributed by atoms with Crippen LogP contribution in [0.1, 0.15) is 12.0 Å². The van der Waals surface area contributed by atoms with Gasteiger partial charge in [0.25, 0.3) is 0 Å². The molecule has 16 heavy (non-hydrogen) atoms. The number of hydrogen-bond acceptors (Lipinski definition) is 3. The Bertz CT molecular complexity index is 446. The molecule has 0 bridgehead atoms. The highest BCUT2D eigenvalue weighted by molar-refractivity contribution is 8.22. The van der Waals surface area contributed by atoms with Crippen molar-refractivity contribution < 1.29 is 4.79 Å². The standard InChI is InChI=1S/C11H12N2OS2/c1-16-11(15)13-9-4-2-3-8-7(9)5-6-10(14)12-8/h2-4H,5-6H2,1H3,(H,12,14)(H,13,15). The van der Waals surface area contributed by atoms with E-state index in [1.165, 1.54) is 11.8 Å². The Labute approximate surface area is 104 Å². The fourth-order valence-electron chi connectivity index (χ4n) is 1.70. The molecule has 0 unspecified atom stereocenters. The third-order valence-corrected chi connectivity index (χ3v) is 3.55. The number of benzene rings is 1. The maximum atomic E-state index is 11.3. The lowest BCUT2D eigenvalue weighted by Gasteiger charge is -2.20. The fraction of sp³-hybridized carbons (Fsp3) is 0.273. The van der Waals surface area contributed by atoms with E-state index in [1.807, 2.05) is 24.5 Å². The molecular formula is C11H12N2OS2. The molecule has 1 amide bonds. The van der Waals surface area contributed by atoms with Crippen molar-refractivity contribution in [2.24, 2.45) is 0 Å². The van der Waals surface area contributed by atoms with Crippen molar-refractivity contribution in [2.75, 3.05) is 16.9 Å². The SMILES string of the molecule is CSC(=S)Nc1cccc2c1CCC(=O)N2. The van der Waals surface area contributed by atoms with Crippen LogP contribution in [0.15, 0.2) is 18.2 Å². The average Bonchev–Trinajstić information content (AvgIpc) is 2.28. The predicted octanol–water partition coefficient (Wildman–Crippen LogP) is 2.63. The van der Waals surface area contributed by atoms with E-state index in [0.29, 0.717) is 6.42 Å². The molecule has 1 heterocycles. The van der Waals surface area contributed by atoms with Gasteiger partial charge in [-0.05, 0) is 30.4 Å². The van der Waals surface area contributed by atoms with Gasteiger partial charge in [0, 0.05) is 17.8 Å². The minimum absolute atomic E-state index is 0.0806. The van der Waals surface area contributed by atoms with Crippen molar-refractivity contribution in [3.8, 4) is 0 Å². The summed E-state index contributed by atoms with van der Waals surface area (Å²) in [5.74, 6) is 0.0806. The number of thioether (sulfide) groups is 1. The van der Waals surface area contributed by atoms with E-state index in [-0.39, 0.29) is 5.91 Å². The molecule has 5 heteroatoms. The number of fused-ring (bicyclic) bond motifs is 1. The number of thiocarbonyl (C=S) groups is 1. The number of carbonyl (C=O) groups is 1. The maximum absolute atomic E-state index is 11.3. The number of carbonyl (C=O) groups excluding carboxylic acids is 1. The van der Waals surface area contributed by atoms with E-state index in [4.69, 9.17) is 12.2 Å². The monoisotopic (exact) mass is 252 g/mol. The molecule has 2 N–H and O–H groups in total. The van der Waals surface area contributed by atoms with Gasteiger partial charge in [-0.3, -0.25) is 4.79 Å². The highest BCUT2D eigenvalue weighted by Crippen LogP contribution is 2.29. The molecule has 0 spiro atoms. The first-order chi connectivity index (χ1) is 7.70. The zero-order valence-electron chi connectivity index (χ0n) is 8.87. The summed E-state index contributed by atoms with van der Waals surface area (Å²) in [6.45, 7) is 0. The smallest absolute Gasteiger partial charge is 0.224 e. The maximum Gasteiger partial charge on any atom is 0.224 e. The predicted molar refractivity (Wildman–Crippen MR) is 73.1 cm³/mol. The molecule has 0 aromatic heterocycles. The number of anilines is 2. The summed E-state index contributed by atoms with van der Waals surface area (Å²) >= 11 is 6.63. The Kier molecular flexibility index (Phi) is 3.46. The van der Waals surface area contributed by atoms with Gasteiger partial charge in [0.1, 0.15) is 4.32 Å². The second-order valence-corrected chi connectivity index (χ2v) is 4.98. The highest BCUT2D eigenvalue weighted by atomic mass is 32.2. The quantitative estimate of drug-likeness (QED) is 0.754. The molecule has 2 rings (SSSR count). The summed E-state index contributed by atoms with van der Waals surface area (Å²) in [7, 11) is 0. The van der Waals surface area contributed by atoms with Gasteiger partial charge in [0.05, 0.1) is 0 Å². The van der Waals surface area contributed by atoms with Crippen LogP contribution in [0, 0.1) is 0 Å². The molecule has 84 valence electrons. The summed E-state index contributed by atoms with van der Waals surface area (Å²) in [6, 6.07) is 5.81. The molecule has 1 aromatic rings. The first kappa shape index (κ1) is 11.4. The lowest BCUT2D eigenvalue weighted by molar-refractivity contribution is -0.116. The Morgan fingerprint density at radius 3 is 3.06 bits per heavy atom. The van der Waals surface area contributed by atoms with Crippen molar-refractivity contribution in [3.05, 3.63) is 23.8 Å². The summed E-state index contributed by atoms with van der Waals surface area (Å²) < 4.78 is 0.741. The van der Waals surface area contributed by atoms with Crippen molar-refractivity contribution >= 4 is 45.6 Å². The third-order valence-electron chi connectivity index (χ3n) is 2.47. The minimum Gasteiger partial charge on any atom is -0.341 e. The molecule has 3 nitrogen and oxygen atoms in total. The van der Waals surface area contributed by atoms with Crippen LogP contribution >= 0.6 is 24.0 Å². The van der Waals surface area contributed by atoms with Gasteiger partial charge < -0.3 is 10.6 Å². The lowest BCUT2D eigenvalue weighted by atomic mass is 10.0. The highest BCUT2D eigenvalue weighted by Gasteiger charge is 2.17. The number of rotatable bonds is 1. The molecule has 0 radical (unpaired) electrons. The largest absolute Gasteiger partial charge is 0.341 e. The Morgan fingerprint density at radius 2 is 2.31 bits per heavy atom. The normalized spacial score (nSPS) is 13.9. The average molecular weight is 252 g/mol. The van der Waals surface area contributed by atoms with Crippen LogP contribution in [-0.4, -0.2) is 16.5 Å². The molecule has 0 atom stereocenters. The zero-order chi connectivity index (χ0) is 11.5. The first-order valence-corrected chi connectivity index (χ1v) is 6.60. The van der Waals surface area contributed by atoms with Gasteiger partial charge in [0.2, 0.25) is 5.91 Å². The van der Waals surface area contributed by atoms with Crippen LogP contribution in [0.5, 0.6) is 0 Å². The van der Waals surface area contributed by atoms with E-state index in [1.54, 1.807) is 0 Å². The first-order valence-electron chi connectivity index (χ1n) is 4.97. The van der Waals surface area contributed by atoms with E-state index < -0.39 is 0 Å². The Morgan fingerprint density at radius 1 is 1.50 bits per heavy atom. The van der Waals surface area contributed by atoms with E-state index in [9.17, 15) is 4.79 Å². The van der Waals surface area contributed by atoms with Crippen LogP contribution in [-0.2, 0) is 11.2 Å². The molecule has 0 fully saturated rings. The van der Waals surface area contributed by atoms with E-state index in [0.717, 1.165) is 27.7 Å². The lowest BCUT2D eigenvalue weighted by Crippen LogP contribution is -2.20. The summed E-state index contributed by atoms with van der Waals surface area (Å²) in [5, 5.41) is 6.04. The van der Waals surface area contributed by atoms with Gasteiger partial charge in [0.15, 0.2) is 0 Å². The van der Waals surface area contributed by atoms with Crippen LogP contribution in [0.25, 0.3) is 0 Å². The fourth-order valence-corrected chi connectivity index (χ4v) is 2.02. The topological polar surface area (TPSA) is 41.1 Å². The molecule has 1 aromatic carbocycles. The number of hydrogen-bond donors (Lipinski definition) is 2.